The van der Waals surface area contributed by atoms with Crippen LogP contribution in [0.15, 0.2) is 22.7 Å². The van der Waals surface area contributed by atoms with Crippen LogP contribution >= 0.6 is 15.9 Å². The number of nitrogens with two attached hydrogens (primary N) is 1. The Hall–Kier alpha value is -1.07. The van der Waals surface area contributed by atoms with E-state index in [2.05, 4.69) is 20.7 Å². The van der Waals surface area contributed by atoms with Crippen LogP contribution in [0, 0.1) is 0 Å². The minimum atomic E-state index is -0.412. The molecule has 1 aromatic rings. The normalized spacial score (nSPS) is 9.80. The maximum absolute atomic E-state index is 10.8. The van der Waals surface area contributed by atoms with E-state index in [4.69, 9.17) is 10.5 Å². The molecule has 1 aromatic carbocycles. The number of rotatable bonds is 4. The molecular formula is C10H12BrNO3. The molecular weight excluding hydrogens is 262 g/mol. The largest absolute Gasteiger partial charge is 0.481 e. The van der Waals surface area contributed by atoms with Crippen molar-refractivity contribution in [1.82, 2.24) is 0 Å². The molecule has 4 nitrogen and oxygen atoms in total. The van der Waals surface area contributed by atoms with Gasteiger partial charge in [0.25, 0.3) is 0 Å². The number of methoxy groups -OCH3 is 1. The zero-order valence-corrected chi connectivity index (χ0v) is 9.91. The van der Waals surface area contributed by atoms with Crippen molar-refractivity contribution >= 4 is 21.9 Å². The molecule has 0 saturated heterocycles. The van der Waals surface area contributed by atoms with Crippen molar-refractivity contribution in [1.29, 1.82) is 0 Å². The molecule has 0 atom stereocenters. The Morgan fingerprint density at radius 3 is 2.80 bits per heavy atom. The summed E-state index contributed by atoms with van der Waals surface area (Å²) in [6.45, 7) is 0.368. The van der Waals surface area contributed by atoms with Crippen molar-refractivity contribution in [2.45, 2.75) is 6.54 Å². The smallest absolute Gasteiger partial charge is 0.343 e. The highest BCUT2D eigenvalue weighted by atomic mass is 79.9. The summed E-state index contributed by atoms with van der Waals surface area (Å²) in [6.07, 6.45) is 0. The molecule has 0 aromatic heterocycles. The van der Waals surface area contributed by atoms with Crippen molar-refractivity contribution in [2.75, 3.05) is 13.7 Å². The molecule has 0 aliphatic carbocycles. The molecule has 15 heavy (non-hydrogen) atoms. The number of benzene rings is 1. The highest BCUT2D eigenvalue weighted by Crippen LogP contribution is 2.25. The number of carbonyl (C=O) groups excluding carboxylic acids is 1. The van der Waals surface area contributed by atoms with Crippen LogP contribution in [-0.4, -0.2) is 19.7 Å². The molecule has 0 heterocycles. The van der Waals surface area contributed by atoms with Gasteiger partial charge in [0.2, 0.25) is 0 Å². The monoisotopic (exact) mass is 273 g/mol. The van der Waals surface area contributed by atoms with Gasteiger partial charge >= 0.3 is 5.97 Å². The topological polar surface area (TPSA) is 61.5 Å². The van der Waals surface area contributed by atoms with Gasteiger partial charge < -0.3 is 15.2 Å². The van der Waals surface area contributed by atoms with E-state index in [1.165, 1.54) is 7.11 Å². The minimum absolute atomic E-state index is 0.100. The van der Waals surface area contributed by atoms with E-state index in [1.54, 1.807) is 6.07 Å². The molecule has 0 fully saturated rings. The number of ether oxygens (including phenoxy) is 2. The minimum Gasteiger partial charge on any atom is -0.481 e. The van der Waals surface area contributed by atoms with Gasteiger partial charge in [-0.3, -0.25) is 0 Å². The van der Waals surface area contributed by atoms with Gasteiger partial charge in [-0.1, -0.05) is 6.07 Å². The Morgan fingerprint density at radius 2 is 2.27 bits per heavy atom. The average molecular weight is 274 g/mol. The second-order valence-electron chi connectivity index (χ2n) is 2.83. The molecule has 0 unspecified atom stereocenters. The molecule has 2 N–H and O–H groups in total. The fraction of sp³-hybridized carbons (Fsp3) is 0.300. The summed E-state index contributed by atoms with van der Waals surface area (Å²) < 4.78 is 10.5. The Bertz CT molecular complexity index is 355. The van der Waals surface area contributed by atoms with E-state index in [0.29, 0.717) is 12.3 Å². The lowest BCUT2D eigenvalue weighted by atomic mass is 10.2. The molecule has 0 aliphatic heterocycles. The predicted molar refractivity (Wildman–Crippen MR) is 59.5 cm³/mol. The van der Waals surface area contributed by atoms with Gasteiger partial charge in [-0.05, 0) is 33.6 Å². The first-order valence-electron chi connectivity index (χ1n) is 4.35. The third-order valence-electron chi connectivity index (χ3n) is 1.81. The Morgan fingerprint density at radius 1 is 1.53 bits per heavy atom. The summed E-state index contributed by atoms with van der Waals surface area (Å²) >= 11 is 3.33. The molecule has 0 amide bonds. The van der Waals surface area contributed by atoms with E-state index in [-0.39, 0.29) is 6.61 Å². The van der Waals surface area contributed by atoms with E-state index in [0.717, 1.165) is 10.0 Å². The van der Waals surface area contributed by atoms with Crippen LogP contribution < -0.4 is 10.5 Å². The predicted octanol–water partition coefficient (Wildman–Crippen LogP) is 1.46. The molecule has 1 rings (SSSR count). The van der Waals surface area contributed by atoms with Crippen molar-refractivity contribution < 1.29 is 14.3 Å². The first-order valence-corrected chi connectivity index (χ1v) is 5.14. The Balaban J connectivity index is 2.66. The summed E-state index contributed by atoms with van der Waals surface area (Å²) in [4.78, 5) is 10.8. The van der Waals surface area contributed by atoms with Crippen LogP contribution in [0.5, 0.6) is 5.75 Å². The highest BCUT2D eigenvalue weighted by Gasteiger charge is 2.05. The fourth-order valence-electron chi connectivity index (χ4n) is 0.984. The lowest BCUT2D eigenvalue weighted by Gasteiger charge is -2.07. The Kier molecular flexibility index (Phi) is 4.58. The van der Waals surface area contributed by atoms with Crippen LogP contribution in [0.25, 0.3) is 0 Å². The van der Waals surface area contributed by atoms with E-state index in [9.17, 15) is 4.79 Å². The van der Waals surface area contributed by atoms with Gasteiger partial charge in [0.15, 0.2) is 6.61 Å². The fourth-order valence-corrected chi connectivity index (χ4v) is 1.52. The summed E-state index contributed by atoms with van der Waals surface area (Å²) in [5, 5.41) is 0. The summed E-state index contributed by atoms with van der Waals surface area (Å²) in [7, 11) is 1.32. The highest BCUT2D eigenvalue weighted by molar-refractivity contribution is 9.10. The summed E-state index contributed by atoms with van der Waals surface area (Å²) in [5.74, 6) is 0.183. The van der Waals surface area contributed by atoms with Gasteiger partial charge in [0.05, 0.1) is 11.6 Å². The van der Waals surface area contributed by atoms with Crippen LogP contribution in [0.3, 0.4) is 0 Å². The summed E-state index contributed by atoms with van der Waals surface area (Å²) in [5.41, 5.74) is 6.47. The van der Waals surface area contributed by atoms with Gasteiger partial charge in [0, 0.05) is 6.54 Å². The van der Waals surface area contributed by atoms with Crippen LogP contribution in [0.1, 0.15) is 5.56 Å². The first-order chi connectivity index (χ1) is 7.17. The molecule has 0 saturated carbocycles. The Labute approximate surface area is 96.5 Å². The van der Waals surface area contributed by atoms with Gasteiger partial charge in [-0.2, -0.15) is 0 Å². The third-order valence-corrected chi connectivity index (χ3v) is 2.42. The SMILES string of the molecule is COC(=O)COc1ccc(CN)cc1Br. The van der Waals surface area contributed by atoms with E-state index >= 15 is 0 Å². The zero-order chi connectivity index (χ0) is 11.3. The van der Waals surface area contributed by atoms with Crippen LogP contribution in [-0.2, 0) is 16.1 Å². The summed E-state index contributed by atoms with van der Waals surface area (Å²) in [6, 6.07) is 5.46. The molecule has 0 spiro atoms. The molecule has 5 heteroatoms. The van der Waals surface area contributed by atoms with Crippen molar-refractivity contribution in [3.8, 4) is 5.75 Å². The maximum atomic E-state index is 10.8. The second kappa shape index (κ2) is 5.72. The number of hydrogen-bond donors (Lipinski definition) is 1. The van der Waals surface area contributed by atoms with Crippen LogP contribution in [0.4, 0.5) is 0 Å². The third kappa shape index (κ3) is 3.53. The van der Waals surface area contributed by atoms with E-state index in [1.807, 2.05) is 12.1 Å². The lowest BCUT2D eigenvalue weighted by Crippen LogP contribution is -2.12. The van der Waals surface area contributed by atoms with Gasteiger partial charge in [-0.25, -0.2) is 4.79 Å². The van der Waals surface area contributed by atoms with Crippen molar-refractivity contribution in [3.63, 3.8) is 0 Å². The molecule has 82 valence electrons. The van der Waals surface area contributed by atoms with Crippen molar-refractivity contribution in [2.24, 2.45) is 5.73 Å². The van der Waals surface area contributed by atoms with Crippen molar-refractivity contribution in [3.05, 3.63) is 28.2 Å². The van der Waals surface area contributed by atoms with E-state index < -0.39 is 5.97 Å². The first kappa shape index (κ1) is 12.0. The average Bonchev–Trinajstić information content (AvgIpc) is 2.26. The lowest BCUT2D eigenvalue weighted by molar-refractivity contribution is -0.142. The maximum Gasteiger partial charge on any atom is 0.343 e. The molecule has 0 radical (unpaired) electrons. The standard InChI is InChI=1S/C10H12BrNO3/c1-14-10(13)6-15-9-3-2-7(5-12)4-8(9)11/h2-4H,5-6,12H2,1H3. The quantitative estimate of drug-likeness (QED) is 0.844. The molecule has 0 aliphatic rings. The molecule has 0 bridgehead atoms. The second-order valence-corrected chi connectivity index (χ2v) is 3.69. The number of carbonyl (C=O) groups is 1. The number of hydrogen-bond acceptors (Lipinski definition) is 4. The van der Waals surface area contributed by atoms with Gasteiger partial charge in [-0.15, -0.1) is 0 Å². The zero-order valence-electron chi connectivity index (χ0n) is 8.33. The van der Waals surface area contributed by atoms with Crippen LogP contribution in [0.2, 0.25) is 0 Å². The number of esters is 1. The number of halogens is 1. The van der Waals surface area contributed by atoms with Gasteiger partial charge in [0.1, 0.15) is 5.75 Å².